The fourth-order valence-corrected chi connectivity index (χ4v) is 5.34. The Labute approximate surface area is 221 Å². The lowest BCUT2D eigenvalue weighted by molar-refractivity contribution is -0.133. The van der Waals surface area contributed by atoms with Gasteiger partial charge in [-0.15, -0.1) is 0 Å². The second-order valence-electron chi connectivity index (χ2n) is 8.63. The van der Waals surface area contributed by atoms with Crippen molar-refractivity contribution in [2.75, 3.05) is 42.4 Å². The van der Waals surface area contributed by atoms with E-state index in [0.29, 0.717) is 47.7 Å². The summed E-state index contributed by atoms with van der Waals surface area (Å²) >= 11 is 12.2. The molecule has 0 aliphatic carbocycles. The number of hydrogen-bond acceptors (Lipinski definition) is 5. The van der Waals surface area contributed by atoms with E-state index in [4.69, 9.17) is 27.9 Å². The van der Waals surface area contributed by atoms with Crippen LogP contribution in [-0.2, 0) is 14.8 Å². The number of halogens is 2. The number of nitrogens with one attached hydrogen (secondary N) is 1. The molecule has 0 radical (unpaired) electrons. The van der Waals surface area contributed by atoms with Crippen LogP contribution in [0.2, 0.25) is 10.0 Å². The van der Waals surface area contributed by atoms with Gasteiger partial charge in [-0.05, 0) is 73.5 Å². The number of carbonyl (C=O) groups is 1. The first-order chi connectivity index (χ1) is 17.1. The minimum absolute atomic E-state index is 0.0744. The van der Waals surface area contributed by atoms with Crippen molar-refractivity contribution in [2.45, 2.75) is 18.7 Å². The minimum atomic E-state index is -3.79. The predicted molar refractivity (Wildman–Crippen MR) is 144 cm³/mol. The first-order valence-electron chi connectivity index (χ1n) is 11.4. The van der Waals surface area contributed by atoms with Gasteiger partial charge in [0.2, 0.25) is 0 Å². The SMILES string of the molecule is Cc1ccc(NS(=O)(=O)c2ccc(OCC(=O)N3CCN(c4cc(Cl)ccc4C)CC3)cc2)cc1Cl. The second kappa shape index (κ2) is 11.0. The molecule has 0 aromatic heterocycles. The van der Waals surface area contributed by atoms with Gasteiger partial charge in [0.15, 0.2) is 6.61 Å². The summed E-state index contributed by atoms with van der Waals surface area (Å²) < 4.78 is 33.5. The van der Waals surface area contributed by atoms with Crippen molar-refractivity contribution in [3.63, 3.8) is 0 Å². The number of sulfonamides is 1. The van der Waals surface area contributed by atoms with E-state index in [2.05, 4.69) is 9.62 Å². The molecule has 1 aliphatic heterocycles. The summed E-state index contributed by atoms with van der Waals surface area (Å²) in [7, 11) is -3.79. The molecular weight excluding hydrogens is 521 g/mol. The molecule has 0 atom stereocenters. The molecule has 0 spiro atoms. The molecule has 10 heteroatoms. The molecule has 1 aliphatic rings. The number of benzene rings is 3. The van der Waals surface area contributed by atoms with E-state index in [1.165, 1.54) is 24.3 Å². The van der Waals surface area contributed by atoms with E-state index in [1.807, 2.05) is 32.0 Å². The van der Waals surface area contributed by atoms with E-state index in [-0.39, 0.29) is 17.4 Å². The van der Waals surface area contributed by atoms with Crippen molar-refractivity contribution in [2.24, 2.45) is 0 Å². The number of aryl methyl sites for hydroxylation is 2. The molecule has 190 valence electrons. The number of piperazine rings is 1. The van der Waals surface area contributed by atoms with Crippen molar-refractivity contribution in [1.29, 1.82) is 0 Å². The zero-order chi connectivity index (χ0) is 25.9. The van der Waals surface area contributed by atoms with Crippen LogP contribution in [0.5, 0.6) is 5.75 Å². The third kappa shape index (κ3) is 6.24. The average molecular weight is 548 g/mol. The van der Waals surface area contributed by atoms with Gasteiger partial charge in [0.1, 0.15) is 5.75 Å². The van der Waals surface area contributed by atoms with Crippen molar-refractivity contribution < 1.29 is 17.9 Å². The molecule has 0 bridgehead atoms. The number of nitrogens with zero attached hydrogens (tertiary/aromatic N) is 2. The highest BCUT2D eigenvalue weighted by Gasteiger charge is 2.23. The summed E-state index contributed by atoms with van der Waals surface area (Å²) in [6, 6.07) is 16.7. The molecule has 1 saturated heterocycles. The Kier molecular flexibility index (Phi) is 7.97. The van der Waals surface area contributed by atoms with Crippen LogP contribution in [0.25, 0.3) is 0 Å². The van der Waals surface area contributed by atoms with Gasteiger partial charge in [-0.3, -0.25) is 9.52 Å². The molecule has 1 fully saturated rings. The smallest absolute Gasteiger partial charge is 0.261 e. The highest BCUT2D eigenvalue weighted by Crippen LogP contribution is 2.26. The van der Waals surface area contributed by atoms with Gasteiger partial charge in [-0.1, -0.05) is 35.3 Å². The average Bonchev–Trinajstić information content (AvgIpc) is 2.86. The topological polar surface area (TPSA) is 78.9 Å². The van der Waals surface area contributed by atoms with Crippen LogP contribution in [0.3, 0.4) is 0 Å². The Bertz CT molecular complexity index is 1360. The highest BCUT2D eigenvalue weighted by atomic mass is 35.5. The first kappa shape index (κ1) is 26.1. The third-order valence-electron chi connectivity index (χ3n) is 6.06. The minimum Gasteiger partial charge on any atom is -0.484 e. The number of hydrogen-bond donors (Lipinski definition) is 1. The van der Waals surface area contributed by atoms with Gasteiger partial charge in [0, 0.05) is 41.9 Å². The Morgan fingerprint density at radius 2 is 1.58 bits per heavy atom. The Balaban J connectivity index is 1.29. The van der Waals surface area contributed by atoms with Gasteiger partial charge in [0.05, 0.1) is 10.6 Å². The van der Waals surface area contributed by atoms with E-state index in [9.17, 15) is 13.2 Å². The van der Waals surface area contributed by atoms with Crippen LogP contribution in [0, 0.1) is 13.8 Å². The first-order valence-corrected chi connectivity index (χ1v) is 13.7. The molecule has 3 aromatic rings. The molecule has 1 heterocycles. The Morgan fingerprint density at radius 1 is 0.917 bits per heavy atom. The number of carbonyl (C=O) groups excluding carboxylic acids is 1. The van der Waals surface area contributed by atoms with Gasteiger partial charge >= 0.3 is 0 Å². The number of rotatable bonds is 7. The molecule has 3 aromatic carbocycles. The van der Waals surface area contributed by atoms with Crippen LogP contribution in [0.4, 0.5) is 11.4 Å². The molecule has 0 unspecified atom stereocenters. The van der Waals surface area contributed by atoms with E-state index < -0.39 is 10.0 Å². The fourth-order valence-electron chi connectivity index (χ4n) is 3.94. The molecule has 7 nitrogen and oxygen atoms in total. The standard InChI is InChI=1S/C26H27Cl2N3O4S/c1-18-4-6-21(16-24(18)28)29-36(33,34)23-9-7-22(8-10-23)35-17-26(32)31-13-11-30(12-14-31)25-15-20(27)5-3-19(25)2/h3-10,15-16,29H,11-14,17H2,1-2H3. The molecule has 1 N–H and O–H groups in total. The quantitative estimate of drug-likeness (QED) is 0.443. The third-order valence-corrected chi connectivity index (χ3v) is 8.10. The summed E-state index contributed by atoms with van der Waals surface area (Å²) in [6.07, 6.45) is 0. The normalized spacial score (nSPS) is 14.0. The van der Waals surface area contributed by atoms with Crippen LogP contribution in [0.15, 0.2) is 65.6 Å². The molecule has 4 rings (SSSR count). The maximum atomic E-state index is 12.7. The summed E-state index contributed by atoms with van der Waals surface area (Å²) in [5.74, 6) is 0.293. The number of anilines is 2. The van der Waals surface area contributed by atoms with Gasteiger partial charge < -0.3 is 14.5 Å². The lowest BCUT2D eigenvalue weighted by atomic mass is 10.1. The van der Waals surface area contributed by atoms with Gasteiger partial charge in [-0.25, -0.2) is 8.42 Å². The van der Waals surface area contributed by atoms with Crippen molar-refractivity contribution in [1.82, 2.24) is 4.90 Å². The summed E-state index contributed by atoms with van der Waals surface area (Å²) in [5, 5.41) is 1.17. The fraction of sp³-hybridized carbons (Fsp3) is 0.269. The van der Waals surface area contributed by atoms with Gasteiger partial charge in [0.25, 0.3) is 15.9 Å². The van der Waals surface area contributed by atoms with Crippen LogP contribution in [0.1, 0.15) is 11.1 Å². The number of amides is 1. The molecule has 0 saturated carbocycles. The van der Waals surface area contributed by atoms with Crippen molar-refractivity contribution in [3.05, 3.63) is 81.8 Å². The largest absolute Gasteiger partial charge is 0.484 e. The maximum Gasteiger partial charge on any atom is 0.261 e. The zero-order valence-electron chi connectivity index (χ0n) is 20.0. The van der Waals surface area contributed by atoms with Crippen molar-refractivity contribution >= 4 is 50.5 Å². The molecule has 1 amide bonds. The van der Waals surface area contributed by atoms with Gasteiger partial charge in [-0.2, -0.15) is 0 Å². The van der Waals surface area contributed by atoms with E-state index >= 15 is 0 Å². The van der Waals surface area contributed by atoms with Crippen molar-refractivity contribution in [3.8, 4) is 5.75 Å². The molecular formula is C26H27Cl2N3O4S. The van der Waals surface area contributed by atoms with E-state index in [0.717, 1.165) is 16.8 Å². The maximum absolute atomic E-state index is 12.7. The van der Waals surface area contributed by atoms with Crippen LogP contribution in [-0.4, -0.2) is 52.0 Å². The monoisotopic (exact) mass is 547 g/mol. The Hall–Kier alpha value is -2.94. The van der Waals surface area contributed by atoms with Crippen LogP contribution >= 0.6 is 23.2 Å². The highest BCUT2D eigenvalue weighted by molar-refractivity contribution is 7.92. The number of ether oxygens (including phenoxy) is 1. The summed E-state index contributed by atoms with van der Waals surface area (Å²) in [5.41, 5.74) is 3.46. The van der Waals surface area contributed by atoms with Crippen LogP contribution < -0.4 is 14.4 Å². The summed E-state index contributed by atoms with van der Waals surface area (Å²) in [4.78, 5) is 16.7. The lowest BCUT2D eigenvalue weighted by Crippen LogP contribution is -2.50. The summed E-state index contributed by atoms with van der Waals surface area (Å²) in [6.45, 7) is 6.34. The Morgan fingerprint density at radius 3 is 2.25 bits per heavy atom. The zero-order valence-corrected chi connectivity index (χ0v) is 22.3. The molecule has 36 heavy (non-hydrogen) atoms. The van der Waals surface area contributed by atoms with E-state index in [1.54, 1.807) is 23.1 Å². The lowest BCUT2D eigenvalue weighted by Gasteiger charge is -2.36. The predicted octanol–water partition coefficient (Wildman–Crippen LogP) is 5.14. The second-order valence-corrected chi connectivity index (χ2v) is 11.2.